The Labute approximate surface area is 113 Å². The molecule has 1 aliphatic heterocycles. The summed E-state index contributed by atoms with van der Waals surface area (Å²) in [7, 11) is 0. The molecular formula is C15H20NO3. The molecule has 1 radical (unpaired) electrons. The van der Waals surface area contributed by atoms with Crippen molar-refractivity contribution in [2.24, 2.45) is 0 Å². The third kappa shape index (κ3) is 1.95. The fourth-order valence-corrected chi connectivity index (χ4v) is 2.84. The summed E-state index contributed by atoms with van der Waals surface area (Å²) < 4.78 is 5.00. The van der Waals surface area contributed by atoms with Gasteiger partial charge < -0.3 is 4.74 Å². The molecule has 0 saturated carbocycles. The summed E-state index contributed by atoms with van der Waals surface area (Å²) in [5.41, 5.74) is 1.16. The molecule has 4 heteroatoms. The van der Waals surface area contributed by atoms with Gasteiger partial charge in [-0.2, -0.15) is 0 Å². The van der Waals surface area contributed by atoms with Gasteiger partial charge in [0.15, 0.2) is 0 Å². The lowest BCUT2D eigenvalue weighted by Gasteiger charge is -2.32. The first-order valence-corrected chi connectivity index (χ1v) is 6.52. The summed E-state index contributed by atoms with van der Waals surface area (Å²) in [5.74, 6) is -0.344. The van der Waals surface area contributed by atoms with Gasteiger partial charge in [-0.25, -0.2) is 4.79 Å². The number of esters is 1. The van der Waals surface area contributed by atoms with E-state index in [-0.39, 0.29) is 5.97 Å². The Kier molecular flexibility index (Phi) is 3.19. The first-order chi connectivity index (χ1) is 8.72. The maximum Gasteiger partial charge on any atom is 0.338 e. The number of benzene rings is 1. The van der Waals surface area contributed by atoms with E-state index in [0.717, 1.165) is 16.2 Å². The normalized spacial score (nSPS) is 20.1. The lowest BCUT2D eigenvalue weighted by molar-refractivity contribution is -0.266. The molecule has 19 heavy (non-hydrogen) atoms. The van der Waals surface area contributed by atoms with Crippen LogP contribution in [0.15, 0.2) is 18.2 Å². The average Bonchev–Trinajstić information content (AvgIpc) is 2.49. The Hall–Kier alpha value is -1.39. The molecule has 1 aromatic carbocycles. The number of rotatable bonds is 2. The molecule has 0 atom stereocenters. The molecule has 0 aromatic heterocycles. The fourth-order valence-electron chi connectivity index (χ4n) is 2.84. The average molecular weight is 262 g/mol. The van der Waals surface area contributed by atoms with Crippen LogP contribution in [0.2, 0.25) is 0 Å². The Morgan fingerprint density at radius 1 is 1.16 bits per heavy atom. The van der Waals surface area contributed by atoms with Crippen LogP contribution >= 0.6 is 0 Å². The first-order valence-electron chi connectivity index (χ1n) is 6.52. The van der Waals surface area contributed by atoms with Gasteiger partial charge in [0, 0.05) is 0 Å². The second-order valence-corrected chi connectivity index (χ2v) is 5.89. The highest BCUT2D eigenvalue weighted by atomic mass is 16.5. The molecule has 1 heterocycles. The zero-order chi connectivity index (χ0) is 14.4. The number of fused-ring (bicyclic) bond motifs is 1. The van der Waals surface area contributed by atoms with Crippen molar-refractivity contribution in [2.45, 2.75) is 45.7 Å². The second kappa shape index (κ2) is 4.32. The van der Waals surface area contributed by atoms with Gasteiger partial charge in [-0.05, 0) is 57.9 Å². The highest BCUT2D eigenvalue weighted by Gasteiger charge is 2.50. The van der Waals surface area contributed by atoms with Gasteiger partial charge in [0.1, 0.15) is 0 Å². The van der Waals surface area contributed by atoms with Crippen molar-refractivity contribution in [3.63, 3.8) is 0 Å². The van der Waals surface area contributed by atoms with E-state index in [4.69, 9.17) is 4.74 Å². The third-order valence-electron chi connectivity index (χ3n) is 3.86. The second-order valence-electron chi connectivity index (χ2n) is 5.89. The molecule has 0 aliphatic carbocycles. The lowest BCUT2D eigenvalue weighted by Crippen LogP contribution is -2.41. The standard InChI is InChI=1S/C15H20NO3/c1-6-19-13(17)10-7-8-11-12(9-10)15(4,5)16(18)14(11,2)3/h7-9H,6H2,1-5H3. The molecule has 0 spiro atoms. The highest BCUT2D eigenvalue weighted by Crippen LogP contribution is 2.48. The maximum atomic E-state index is 12.4. The van der Waals surface area contributed by atoms with E-state index in [0.29, 0.717) is 12.2 Å². The van der Waals surface area contributed by atoms with Crippen LogP contribution in [-0.2, 0) is 21.0 Å². The van der Waals surface area contributed by atoms with Crippen LogP contribution in [0, 0.1) is 0 Å². The molecule has 0 saturated heterocycles. The molecule has 1 aliphatic rings. The van der Waals surface area contributed by atoms with E-state index < -0.39 is 11.1 Å². The third-order valence-corrected chi connectivity index (χ3v) is 3.86. The molecule has 103 valence electrons. The van der Waals surface area contributed by atoms with Gasteiger partial charge in [-0.1, -0.05) is 6.07 Å². The van der Waals surface area contributed by atoms with Crippen LogP contribution in [0.3, 0.4) is 0 Å². The van der Waals surface area contributed by atoms with Crippen molar-refractivity contribution in [1.82, 2.24) is 5.06 Å². The van der Waals surface area contributed by atoms with Crippen molar-refractivity contribution in [2.75, 3.05) is 6.61 Å². The number of hydroxylamine groups is 2. The van der Waals surface area contributed by atoms with Gasteiger partial charge in [-0.15, -0.1) is 10.3 Å². The number of hydrogen-bond acceptors (Lipinski definition) is 3. The molecule has 0 amide bonds. The van der Waals surface area contributed by atoms with Crippen LogP contribution in [0.4, 0.5) is 0 Å². The zero-order valence-corrected chi connectivity index (χ0v) is 12.1. The van der Waals surface area contributed by atoms with E-state index in [2.05, 4.69) is 0 Å². The van der Waals surface area contributed by atoms with Gasteiger partial charge in [-0.3, -0.25) is 0 Å². The number of carbonyl (C=O) groups is 1. The molecule has 0 N–H and O–H groups in total. The number of carbonyl (C=O) groups excluding carboxylic acids is 1. The predicted molar refractivity (Wildman–Crippen MR) is 71.0 cm³/mol. The quantitative estimate of drug-likeness (QED) is 0.770. The minimum Gasteiger partial charge on any atom is -0.462 e. The predicted octanol–water partition coefficient (Wildman–Crippen LogP) is 2.99. The topological polar surface area (TPSA) is 49.4 Å². The van der Waals surface area contributed by atoms with Crippen molar-refractivity contribution in [3.05, 3.63) is 34.9 Å². The Morgan fingerprint density at radius 3 is 2.32 bits per heavy atom. The van der Waals surface area contributed by atoms with E-state index in [9.17, 15) is 10.0 Å². The van der Waals surface area contributed by atoms with Crippen LogP contribution in [0.25, 0.3) is 0 Å². The maximum absolute atomic E-state index is 12.4. The zero-order valence-electron chi connectivity index (χ0n) is 12.1. The number of ether oxygens (including phenoxy) is 1. The molecule has 0 bridgehead atoms. The van der Waals surface area contributed by atoms with Crippen molar-refractivity contribution < 1.29 is 14.7 Å². The highest BCUT2D eigenvalue weighted by molar-refractivity contribution is 5.90. The summed E-state index contributed by atoms with van der Waals surface area (Å²) in [6.45, 7) is 9.68. The van der Waals surface area contributed by atoms with E-state index in [1.54, 1.807) is 19.1 Å². The lowest BCUT2D eigenvalue weighted by atomic mass is 9.89. The summed E-state index contributed by atoms with van der Waals surface area (Å²) >= 11 is 0. The van der Waals surface area contributed by atoms with Gasteiger partial charge in [0.05, 0.1) is 23.2 Å². The number of nitrogens with zero attached hydrogens (tertiary/aromatic N) is 1. The van der Waals surface area contributed by atoms with Gasteiger partial charge in [0.2, 0.25) is 0 Å². The molecule has 0 fully saturated rings. The SMILES string of the molecule is CCOC(=O)c1ccc2c(c1)C(C)(C)N([O])C2(C)C. The van der Waals surface area contributed by atoms with Gasteiger partial charge >= 0.3 is 5.97 Å². The van der Waals surface area contributed by atoms with Crippen molar-refractivity contribution in [1.29, 1.82) is 0 Å². The first kappa shape index (κ1) is 14.0. The van der Waals surface area contributed by atoms with Crippen LogP contribution in [0.1, 0.15) is 56.1 Å². The molecule has 1 aromatic rings. The van der Waals surface area contributed by atoms with Gasteiger partial charge in [0.25, 0.3) is 0 Å². The Balaban J connectivity index is 2.53. The monoisotopic (exact) mass is 262 g/mol. The van der Waals surface area contributed by atoms with E-state index in [1.165, 1.54) is 0 Å². The largest absolute Gasteiger partial charge is 0.462 e. The molecule has 0 unspecified atom stereocenters. The Bertz CT molecular complexity index is 520. The molecular weight excluding hydrogens is 242 g/mol. The minimum absolute atomic E-state index is 0.344. The molecule has 4 nitrogen and oxygen atoms in total. The minimum atomic E-state index is -0.638. The van der Waals surface area contributed by atoms with E-state index in [1.807, 2.05) is 33.8 Å². The molecule has 2 rings (SSSR count). The van der Waals surface area contributed by atoms with Crippen molar-refractivity contribution in [3.8, 4) is 0 Å². The van der Waals surface area contributed by atoms with Crippen molar-refractivity contribution >= 4 is 5.97 Å². The summed E-state index contributed by atoms with van der Waals surface area (Å²) in [6.07, 6.45) is 0. The van der Waals surface area contributed by atoms with E-state index >= 15 is 0 Å². The number of hydrogen-bond donors (Lipinski definition) is 0. The van der Waals surface area contributed by atoms with Crippen LogP contribution in [0.5, 0.6) is 0 Å². The summed E-state index contributed by atoms with van der Waals surface area (Å²) in [5, 5.41) is 13.5. The Morgan fingerprint density at radius 2 is 1.74 bits per heavy atom. The van der Waals surface area contributed by atoms with Crippen LogP contribution < -0.4 is 0 Å². The fraction of sp³-hybridized carbons (Fsp3) is 0.533. The smallest absolute Gasteiger partial charge is 0.338 e. The van der Waals surface area contributed by atoms with Crippen LogP contribution in [-0.4, -0.2) is 17.6 Å². The summed E-state index contributed by atoms with van der Waals surface area (Å²) in [6, 6.07) is 5.38. The summed E-state index contributed by atoms with van der Waals surface area (Å²) in [4.78, 5) is 11.8.